The average Bonchev–Trinajstić information content (AvgIpc) is 2.99. The molecule has 0 radical (unpaired) electrons. The maximum Gasteiger partial charge on any atom is 0.306 e. The minimum absolute atomic E-state index is 0.0516. The molecule has 0 aliphatic carbocycles. The quantitative estimate of drug-likeness (QED) is 0.769. The van der Waals surface area contributed by atoms with Crippen LogP contribution in [0.2, 0.25) is 0 Å². The number of carbonyl (C=O) groups excluding carboxylic acids is 3. The van der Waals surface area contributed by atoms with Crippen molar-refractivity contribution in [1.29, 1.82) is 0 Å². The molecule has 0 amide bonds. The number of cyclic esters (lactones) is 2. The predicted octanol–water partition coefficient (Wildman–Crippen LogP) is 1.12. The van der Waals surface area contributed by atoms with E-state index >= 15 is 0 Å². The number of hydrogen-bond donors (Lipinski definition) is 1. The van der Waals surface area contributed by atoms with E-state index in [1.807, 2.05) is 0 Å². The normalized spacial score (nSPS) is 29.0. The fraction of sp³-hybridized carbons (Fsp3) is 0.800. The van der Waals surface area contributed by atoms with Crippen molar-refractivity contribution < 1.29 is 23.9 Å². The second-order valence-electron chi connectivity index (χ2n) is 5.60. The Labute approximate surface area is 124 Å². The van der Waals surface area contributed by atoms with Crippen molar-refractivity contribution >= 4 is 17.7 Å². The lowest BCUT2D eigenvalue weighted by Crippen LogP contribution is -2.41. The van der Waals surface area contributed by atoms with Crippen LogP contribution in [0.15, 0.2) is 0 Å². The van der Waals surface area contributed by atoms with Crippen LogP contribution < -0.4 is 5.32 Å². The van der Waals surface area contributed by atoms with Crippen molar-refractivity contribution in [3.63, 3.8) is 0 Å². The van der Waals surface area contributed by atoms with Crippen molar-refractivity contribution in [3.8, 4) is 0 Å². The molecule has 21 heavy (non-hydrogen) atoms. The van der Waals surface area contributed by atoms with E-state index in [9.17, 15) is 14.4 Å². The van der Waals surface area contributed by atoms with Gasteiger partial charge in [0.25, 0.3) is 0 Å². The molecule has 0 spiro atoms. The Bertz CT molecular complexity index is 390. The maximum atomic E-state index is 12.4. The third-order valence-corrected chi connectivity index (χ3v) is 3.88. The van der Waals surface area contributed by atoms with Crippen LogP contribution in [0, 0.1) is 0 Å². The Morgan fingerprint density at radius 3 is 2.48 bits per heavy atom. The number of esters is 2. The molecule has 2 rings (SSSR count). The second kappa shape index (κ2) is 8.12. The van der Waals surface area contributed by atoms with Gasteiger partial charge < -0.3 is 14.8 Å². The summed E-state index contributed by atoms with van der Waals surface area (Å²) in [4.78, 5) is 35.6. The first kappa shape index (κ1) is 15.9. The lowest BCUT2D eigenvalue weighted by Gasteiger charge is -2.20. The standard InChI is InChI=1S/C15H23NO5/c17-13-7-1-2-8-14(18)21-12(6-4-10-20-13)15(19)11-5-3-9-16-11/h11-12,16H,1-10H2/t11-,12?/m0/s1. The summed E-state index contributed by atoms with van der Waals surface area (Å²) in [6.07, 6.45) is 3.75. The molecule has 6 nitrogen and oxygen atoms in total. The number of hydrogen-bond acceptors (Lipinski definition) is 6. The van der Waals surface area contributed by atoms with Gasteiger partial charge in [0.2, 0.25) is 0 Å². The van der Waals surface area contributed by atoms with E-state index in [0.29, 0.717) is 32.1 Å². The fourth-order valence-electron chi connectivity index (χ4n) is 2.69. The third kappa shape index (κ3) is 5.12. The zero-order valence-electron chi connectivity index (χ0n) is 12.3. The molecule has 2 saturated heterocycles. The largest absolute Gasteiger partial charge is 0.466 e. The summed E-state index contributed by atoms with van der Waals surface area (Å²) in [5.41, 5.74) is 0. The van der Waals surface area contributed by atoms with Gasteiger partial charge >= 0.3 is 11.9 Å². The van der Waals surface area contributed by atoms with E-state index in [1.54, 1.807) is 0 Å². The Balaban J connectivity index is 1.94. The Morgan fingerprint density at radius 1 is 1.00 bits per heavy atom. The van der Waals surface area contributed by atoms with Crippen molar-refractivity contribution in [2.45, 2.75) is 63.5 Å². The topological polar surface area (TPSA) is 81.7 Å². The summed E-state index contributed by atoms with van der Waals surface area (Å²) in [5.74, 6) is -0.631. The molecule has 2 aliphatic heterocycles. The van der Waals surface area contributed by atoms with Gasteiger partial charge in [-0.25, -0.2) is 0 Å². The van der Waals surface area contributed by atoms with Crippen LogP contribution in [0.4, 0.5) is 0 Å². The van der Waals surface area contributed by atoms with E-state index in [1.165, 1.54) is 0 Å². The zero-order chi connectivity index (χ0) is 15.1. The lowest BCUT2D eigenvalue weighted by molar-refractivity contribution is -0.157. The first-order valence-corrected chi connectivity index (χ1v) is 7.79. The van der Waals surface area contributed by atoms with Crippen molar-refractivity contribution in [3.05, 3.63) is 0 Å². The molecule has 0 aromatic heterocycles. The lowest BCUT2D eigenvalue weighted by atomic mass is 10.0. The summed E-state index contributed by atoms with van der Waals surface area (Å²) < 4.78 is 10.4. The van der Waals surface area contributed by atoms with E-state index < -0.39 is 6.10 Å². The minimum atomic E-state index is -0.716. The van der Waals surface area contributed by atoms with Crippen LogP contribution in [0.5, 0.6) is 0 Å². The molecule has 2 heterocycles. The van der Waals surface area contributed by atoms with Gasteiger partial charge in [-0.05, 0) is 45.1 Å². The van der Waals surface area contributed by atoms with E-state index in [0.717, 1.165) is 19.4 Å². The van der Waals surface area contributed by atoms with E-state index in [-0.39, 0.29) is 36.8 Å². The monoisotopic (exact) mass is 297 g/mol. The molecule has 0 aromatic carbocycles. The Kier molecular flexibility index (Phi) is 6.17. The minimum Gasteiger partial charge on any atom is -0.466 e. The molecule has 0 aromatic rings. The smallest absolute Gasteiger partial charge is 0.306 e. The van der Waals surface area contributed by atoms with Gasteiger partial charge in [-0.15, -0.1) is 0 Å². The summed E-state index contributed by atoms with van der Waals surface area (Å²) in [5, 5.41) is 3.14. The molecule has 2 atom stereocenters. The Morgan fingerprint density at radius 2 is 1.76 bits per heavy atom. The number of ether oxygens (including phenoxy) is 2. The number of nitrogens with one attached hydrogen (secondary N) is 1. The van der Waals surface area contributed by atoms with Gasteiger partial charge in [-0.1, -0.05) is 0 Å². The van der Waals surface area contributed by atoms with Gasteiger partial charge in [0.1, 0.15) is 0 Å². The molecule has 6 heteroatoms. The van der Waals surface area contributed by atoms with Gasteiger partial charge in [-0.3, -0.25) is 14.4 Å². The molecule has 0 saturated carbocycles. The second-order valence-corrected chi connectivity index (χ2v) is 5.60. The molecule has 0 bridgehead atoms. The van der Waals surface area contributed by atoms with Crippen LogP contribution in [-0.4, -0.2) is 43.0 Å². The van der Waals surface area contributed by atoms with Gasteiger partial charge in [0.05, 0.1) is 12.6 Å². The van der Waals surface area contributed by atoms with Gasteiger partial charge in [0, 0.05) is 12.8 Å². The summed E-state index contributed by atoms with van der Waals surface area (Å²) in [7, 11) is 0. The van der Waals surface area contributed by atoms with Crippen molar-refractivity contribution in [1.82, 2.24) is 5.32 Å². The highest BCUT2D eigenvalue weighted by Crippen LogP contribution is 2.16. The zero-order valence-corrected chi connectivity index (χ0v) is 12.3. The first-order valence-electron chi connectivity index (χ1n) is 7.79. The number of Topliss-reactive ketones (excluding diaryl/α,β-unsaturated/α-hetero) is 1. The van der Waals surface area contributed by atoms with E-state index in [4.69, 9.17) is 9.47 Å². The summed E-state index contributed by atoms with van der Waals surface area (Å²) in [6, 6.07) is -0.210. The number of ketones is 1. The highest BCUT2D eigenvalue weighted by molar-refractivity contribution is 5.90. The number of carbonyl (C=O) groups is 3. The van der Waals surface area contributed by atoms with Crippen LogP contribution in [0.25, 0.3) is 0 Å². The van der Waals surface area contributed by atoms with Crippen LogP contribution in [0.1, 0.15) is 51.4 Å². The molecular weight excluding hydrogens is 274 g/mol. The van der Waals surface area contributed by atoms with Crippen molar-refractivity contribution in [2.75, 3.05) is 13.2 Å². The summed E-state index contributed by atoms with van der Waals surface area (Å²) in [6.45, 7) is 1.10. The molecule has 2 aliphatic rings. The molecule has 118 valence electrons. The van der Waals surface area contributed by atoms with Crippen LogP contribution in [-0.2, 0) is 23.9 Å². The number of rotatable bonds is 2. The van der Waals surface area contributed by atoms with Gasteiger partial charge in [-0.2, -0.15) is 0 Å². The first-order chi connectivity index (χ1) is 10.2. The third-order valence-electron chi connectivity index (χ3n) is 3.88. The molecular formula is C15H23NO5. The molecule has 1 unspecified atom stereocenters. The van der Waals surface area contributed by atoms with Crippen LogP contribution >= 0.6 is 0 Å². The molecule has 2 fully saturated rings. The maximum absolute atomic E-state index is 12.4. The van der Waals surface area contributed by atoms with Crippen molar-refractivity contribution in [2.24, 2.45) is 0 Å². The Hall–Kier alpha value is -1.43. The highest BCUT2D eigenvalue weighted by Gasteiger charge is 2.31. The summed E-state index contributed by atoms with van der Waals surface area (Å²) >= 11 is 0. The average molecular weight is 297 g/mol. The molecule has 1 N–H and O–H groups in total. The van der Waals surface area contributed by atoms with E-state index in [2.05, 4.69) is 5.32 Å². The van der Waals surface area contributed by atoms with Gasteiger partial charge in [0.15, 0.2) is 11.9 Å². The SMILES string of the molecule is O=C1CCCCC(=O)OC(C(=O)[C@@H]2CCCN2)CCCO1. The predicted molar refractivity (Wildman–Crippen MR) is 74.6 cm³/mol. The highest BCUT2D eigenvalue weighted by atomic mass is 16.5. The van der Waals surface area contributed by atoms with Crippen LogP contribution in [0.3, 0.4) is 0 Å². The fourth-order valence-corrected chi connectivity index (χ4v) is 2.69.